The number of morpholine rings is 1. The van der Waals surface area contributed by atoms with E-state index >= 15 is 0 Å². The molecule has 0 radical (unpaired) electrons. The van der Waals surface area contributed by atoms with E-state index in [0.717, 1.165) is 74.2 Å². The number of ether oxygens (including phenoxy) is 2. The van der Waals surface area contributed by atoms with Crippen LogP contribution in [-0.2, 0) is 9.47 Å². The first-order valence-corrected chi connectivity index (χ1v) is 10.2. The molecule has 1 aromatic heterocycles. The number of aryl methyl sites for hydroxylation is 1. The highest BCUT2D eigenvalue weighted by molar-refractivity contribution is 7.17. The van der Waals surface area contributed by atoms with Gasteiger partial charge < -0.3 is 19.3 Å². The number of amides is 1. The second kappa shape index (κ2) is 6.21. The maximum Gasteiger partial charge on any atom is 0.265 e. The van der Waals surface area contributed by atoms with Gasteiger partial charge in [-0.3, -0.25) is 4.79 Å². The minimum atomic E-state index is 0.180. The summed E-state index contributed by atoms with van der Waals surface area (Å²) in [4.78, 5) is 22.9. The number of rotatable bonds is 2. The predicted molar refractivity (Wildman–Crippen MR) is 95.2 cm³/mol. The van der Waals surface area contributed by atoms with Crippen LogP contribution >= 0.6 is 11.3 Å². The molecular weight excluding hydrogens is 338 g/mol. The Balaban J connectivity index is 1.31. The van der Waals surface area contributed by atoms with E-state index in [1.807, 2.05) is 6.92 Å². The van der Waals surface area contributed by atoms with Gasteiger partial charge in [0.25, 0.3) is 5.91 Å². The van der Waals surface area contributed by atoms with Crippen LogP contribution in [0.3, 0.4) is 0 Å². The van der Waals surface area contributed by atoms with Crippen LogP contribution in [0.1, 0.15) is 21.8 Å². The van der Waals surface area contributed by atoms with E-state index in [0.29, 0.717) is 17.8 Å². The molecule has 5 rings (SSSR count). The van der Waals surface area contributed by atoms with E-state index in [2.05, 4.69) is 14.8 Å². The summed E-state index contributed by atoms with van der Waals surface area (Å²) in [5, 5.41) is 0.966. The molecule has 3 saturated heterocycles. The summed E-state index contributed by atoms with van der Waals surface area (Å²) in [6.07, 6.45) is 1.24. The van der Waals surface area contributed by atoms with Gasteiger partial charge in [-0.1, -0.05) is 11.3 Å². The molecule has 0 unspecified atom stereocenters. The van der Waals surface area contributed by atoms with Gasteiger partial charge in [-0.25, -0.2) is 4.98 Å². The number of likely N-dealkylation sites (tertiary alicyclic amines) is 1. The predicted octanol–water partition coefficient (Wildman–Crippen LogP) is 1.64. The zero-order chi connectivity index (χ0) is 17.0. The Morgan fingerprint density at radius 1 is 1.12 bits per heavy atom. The molecule has 1 amide bonds. The van der Waals surface area contributed by atoms with Crippen molar-refractivity contribution in [2.45, 2.75) is 13.3 Å². The first-order chi connectivity index (χ1) is 12.2. The summed E-state index contributed by atoms with van der Waals surface area (Å²) in [5.74, 6) is 2.91. The minimum absolute atomic E-state index is 0.180. The van der Waals surface area contributed by atoms with Gasteiger partial charge in [-0.15, -0.1) is 0 Å². The molecule has 25 heavy (non-hydrogen) atoms. The number of carbonyl (C=O) groups excluding carboxylic acids is 1. The van der Waals surface area contributed by atoms with Gasteiger partial charge in [0.1, 0.15) is 4.88 Å². The lowest BCUT2D eigenvalue weighted by Crippen LogP contribution is -2.36. The van der Waals surface area contributed by atoms with Crippen molar-refractivity contribution in [3.05, 3.63) is 10.6 Å². The Labute approximate surface area is 152 Å². The highest BCUT2D eigenvalue weighted by Gasteiger charge is 2.51. The van der Waals surface area contributed by atoms with Crippen molar-refractivity contribution in [2.75, 3.05) is 57.5 Å². The number of hydrogen-bond acceptors (Lipinski definition) is 6. The fourth-order valence-electron chi connectivity index (χ4n) is 5.13. The van der Waals surface area contributed by atoms with Crippen LogP contribution in [-0.4, -0.2) is 68.4 Å². The van der Waals surface area contributed by atoms with E-state index in [-0.39, 0.29) is 5.91 Å². The van der Waals surface area contributed by atoms with Crippen molar-refractivity contribution in [1.29, 1.82) is 0 Å². The summed E-state index contributed by atoms with van der Waals surface area (Å²) in [5.41, 5.74) is 0.871. The zero-order valence-electron chi connectivity index (χ0n) is 14.6. The molecule has 4 fully saturated rings. The second-order valence-electron chi connectivity index (χ2n) is 7.84. The first-order valence-electron chi connectivity index (χ1n) is 9.38. The first kappa shape index (κ1) is 16.0. The Bertz CT molecular complexity index is 673. The lowest BCUT2D eigenvalue weighted by Gasteiger charge is -2.26. The minimum Gasteiger partial charge on any atom is -0.381 e. The lowest BCUT2D eigenvalue weighted by atomic mass is 9.91. The molecule has 4 atom stereocenters. The van der Waals surface area contributed by atoms with Gasteiger partial charge >= 0.3 is 0 Å². The molecule has 3 aliphatic heterocycles. The number of nitrogens with zero attached hydrogens (tertiary/aromatic N) is 3. The highest BCUT2D eigenvalue weighted by Crippen LogP contribution is 2.49. The summed E-state index contributed by atoms with van der Waals surface area (Å²) in [7, 11) is 0. The number of hydrogen-bond donors (Lipinski definition) is 0. The monoisotopic (exact) mass is 363 g/mol. The lowest BCUT2D eigenvalue weighted by molar-refractivity contribution is 0.0777. The maximum atomic E-state index is 13.1. The summed E-state index contributed by atoms with van der Waals surface area (Å²) >= 11 is 1.55. The Morgan fingerprint density at radius 3 is 2.80 bits per heavy atom. The molecule has 136 valence electrons. The molecule has 0 N–H and O–H groups in total. The Hall–Kier alpha value is -1.18. The van der Waals surface area contributed by atoms with E-state index < -0.39 is 0 Å². The van der Waals surface area contributed by atoms with Crippen LogP contribution in [0.4, 0.5) is 5.13 Å². The molecule has 1 aliphatic carbocycles. The van der Waals surface area contributed by atoms with Crippen LogP contribution < -0.4 is 4.90 Å². The average molecular weight is 363 g/mol. The van der Waals surface area contributed by atoms with Crippen LogP contribution in [0.15, 0.2) is 0 Å². The summed E-state index contributed by atoms with van der Waals surface area (Å²) in [6.45, 7) is 8.81. The molecule has 0 aromatic carbocycles. The SMILES string of the molecule is Cc1nc(N2CCOCC2)sc1C(=O)N1C[C@@H]2C[C@@H]3COC[C@@H]3[C@@H]2C1. The van der Waals surface area contributed by atoms with Crippen LogP contribution in [0.2, 0.25) is 0 Å². The van der Waals surface area contributed by atoms with E-state index in [1.165, 1.54) is 6.42 Å². The van der Waals surface area contributed by atoms with E-state index in [9.17, 15) is 4.79 Å². The largest absolute Gasteiger partial charge is 0.381 e. The van der Waals surface area contributed by atoms with Gasteiger partial charge in [0.05, 0.1) is 25.5 Å². The number of thiazole rings is 1. The van der Waals surface area contributed by atoms with E-state index in [4.69, 9.17) is 9.47 Å². The molecule has 0 bridgehead atoms. The fraction of sp³-hybridized carbons (Fsp3) is 0.778. The van der Waals surface area contributed by atoms with E-state index in [1.54, 1.807) is 11.3 Å². The molecule has 1 saturated carbocycles. The Kier molecular flexibility index (Phi) is 3.98. The standard InChI is InChI=1S/C18H25N3O3S/c1-11-16(25-18(19-11)20-2-4-23-5-3-20)17(22)21-7-12-6-13-9-24-10-15(13)14(12)8-21/h12-15H,2-10H2,1H3/t12-,13+,14+,15-/m0/s1. The molecule has 4 heterocycles. The van der Waals surface area contributed by atoms with Crippen LogP contribution in [0.25, 0.3) is 0 Å². The van der Waals surface area contributed by atoms with Gasteiger partial charge in [-0.2, -0.15) is 0 Å². The third-order valence-electron chi connectivity index (χ3n) is 6.44. The number of anilines is 1. The van der Waals surface area contributed by atoms with Gasteiger partial charge in [-0.05, 0) is 37.0 Å². The molecule has 0 spiro atoms. The van der Waals surface area contributed by atoms with Crippen molar-refractivity contribution in [3.8, 4) is 0 Å². The van der Waals surface area contributed by atoms with Gasteiger partial charge in [0.2, 0.25) is 0 Å². The van der Waals surface area contributed by atoms with Crippen molar-refractivity contribution < 1.29 is 14.3 Å². The fourth-order valence-corrected chi connectivity index (χ4v) is 6.22. The van der Waals surface area contributed by atoms with Crippen molar-refractivity contribution in [2.24, 2.45) is 23.7 Å². The van der Waals surface area contributed by atoms with Gasteiger partial charge in [0.15, 0.2) is 5.13 Å². The third kappa shape index (κ3) is 2.67. The van der Waals surface area contributed by atoms with Crippen molar-refractivity contribution in [1.82, 2.24) is 9.88 Å². The summed E-state index contributed by atoms with van der Waals surface area (Å²) in [6, 6.07) is 0. The average Bonchev–Trinajstić information content (AvgIpc) is 3.35. The number of fused-ring (bicyclic) bond motifs is 3. The van der Waals surface area contributed by atoms with Crippen molar-refractivity contribution >= 4 is 22.4 Å². The molecule has 4 aliphatic rings. The Morgan fingerprint density at radius 2 is 1.96 bits per heavy atom. The van der Waals surface area contributed by atoms with Crippen molar-refractivity contribution in [3.63, 3.8) is 0 Å². The van der Waals surface area contributed by atoms with Crippen LogP contribution in [0.5, 0.6) is 0 Å². The molecule has 1 aromatic rings. The third-order valence-corrected chi connectivity index (χ3v) is 7.65. The maximum absolute atomic E-state index is 13.1. The van der Waals surface area contributed by atoms with Gasteiger partial charge in [0, 0.05) is 32.8 Å². The highest BCUT2D eigenvalue weighted by atomic mass is 32.1. The summed E-state index contributed by atoms with van der Waals surface area (Å²) < 4.78 is 11.1. The topological polar surface area (TPSA) is 54.9 Å². The second-order valence-corrected chi connectivity index (χ2v) is 8.82. The number of carbonyl (C=O) groups is 1. The normalized spacial score (nSPS) is 34.4. The number of aromatic nitrogens is 1. The smallest absolute Gasteiger partial charge is 0.265 e. The molecule has 7 heteroatoms. The zero-order valence-corrected chi connectivity index (χ0v) is 15.5. The quantitative estimate of drug-likeness (QED) is 0.800. The van der Waals surface area contributed by atoms with Crippen LogP contribution in [0, 0.1) is 30.6 Å². The molecular formula is C18H25N3O3S. The molecule has 6 nitrogen and oxygen atoms in total.